The van der Waals surface area contributed by atoms with Crippen molar-refractivity contribution < 1.29 is 5.11 Å². The van der Waals surface area contributed by atoms with E-state index in [2.05, 4.69) is 20.8 Å². The number of hydrogen-bond acceptors (Lipinski definition) is 1. The second-order valence-corrected chi connectivity index (χ2v) is 8.31. The van der Waals surface area contributed by atoms with Gasteiger partial charge in [0.05, 0.1) is 6.10 Å². The lowest BCUT2D eigenvalue weighted by molar-refractivity contribution is -0.124. The maximum Gasteiger partial charge on any atom is 0.0543 e. The molecule has 0 amide bonds. The van der Waals surface area contributed by atoms with Crippen LogP contribution in [0, 0.1) is 28.6 Å². The van der Waals surface area contributed by atoms with Crippen molar-refractivity contribution in [3.8, 4) is 0 Å². The molecule has 0 bridgehead atoms. The molecule has 3 aliphatic carbocycles. The van der Waals surface area contributed by atoms with Crippen LogP contribution in [0.1, 0.15) is 72.1 Å². The topological polar surface area (TPSA) is 20.2 Å². The molecule has 104 valence electrons. The number of aliphatic hydroxyl groups excluding tert-OH is 1. The van der Waals surface area contributed by atoms with Crippen molar-refractivity contribution in [3.63, 3.8) is 0 Å². The molecule has 0 aromatic carbocycles. The molecule has 18 heavy (non-hydrogen) atoms. The smallest absolute Gasteiger partial charge is 0.0543 e. The third-order valence-corrected chi connectivity index (χ3v) is 6.91. The fourth-order valence-corrected chi connectivity index (χ4v) is 6.08. The second kappa shape index (κ2) is 4.23. The van der Waals surface area contributed by atoms with Crippen molar-refractivity contribution in [1.29, 1.82) is 0 Å². The Morgan fingerprint density at radius 1 is 0.944 bits per heavy atom. The van der Waals surface area contributed by atoms with Crippen molar-refractivity contribution in [2.24, 2.45) is 28.6 Å². The van der Waals surface area contributed by atoms with Crippen molar-refractivity contribution in [2.75, 3.05) is 0 Å². The number of fused-ring (bicyclic) bond motifs is 3. The Labute approximate surface area is 112 Å². The highest BCUT2D eigenvalue weighted by atomic mass is 16.3. The van der Waals surface area contributed by atoms with Gasteiger partial charge >= 0.3 is 0 Å². The normalized spacial score (nSPS) is 51.3. The quantitative estimate of drug-likeness (QED) is 0.676. The lowest BCUT2D eigenvalue weighted by Crippen LogP contribution is -2.53. The summed E-state index contributed by atoms with van der Waals surface area (Å²) in [6.45, 7) is 7.55. The third-order valence-electron chi connectivity index (χ3n) is 6.91. The molecule has 3 saturated carbocycles. The summed E-state index contributed by atoms with van der Waals surface area (Å²) in [6, 6.07) is 0. The molecule has 3 fully saturated rings. The monoisotopic (exact) mass is 250 g/mol. The summed E-state index contributed by atoms with van der Waals surface area (Å²) in [5.74, 6) is 2.62. The van der Waals surface area contributed by atoms with Crippen LogP contribution in [-0.4, -0.2) is 11.2 Å². The first-order valence-electron chi connectivity index (χ1n) is 8.11. The van der Waals surface area contributed by atoms with Gasteiger partial charge in [0.1, 0.15) is 0 Å². The van der Waals surface area contributed by atoms with Gasteiger partial charge in [-0.15, -0.1) is 0 Å². The van der Waals surface area contributed by atoms with Gasteiger partial charge in [-0.05, 0) is 73.5 Å². The van der Waals surface area contributed by atoms with Crippen molar-refractivity contribution in [2.45, 2.75) is 78.2 Å². The Morgan fingerprint density at radius 3 is 2.44 bits per heavy atom. The van der Waals surface area contributed by atoms with Crippen LogP contribution in [0.15, 0.2) is 0 Å². The van der Waals surface area contributed by atoms with Gasteiger partial charge < -0.3 is 5.11 Å². The number of rotatable bonds is 0. The first-order valence-corrected chi connectivity index (χ1v) is 8.11. The zero-order chi connectivity index (χ0) is 13.0. The second-order valence-electron chi connectivity index (χ2n) is 8.31. The Hall–Kier alpha value is -0.0400. The van der Waals surface area contributed by atoms with Crippen LogP contribution in [0.3, 0.4) is 0 Å². The molecule has 0 aliphatic heterocycles. The maximum atomic E-state index is 10.1. The molecule has 3 rings (SSSR count). The molecule has 3 aliphatic rings. The van der Waals surface area contributed by atoms with Gasteiger partial charge in [0.15, 0.2) is 0 Å². The van der Waals surface area contributed by atoms with Gasteiger partial charge in [-0.25, -0.2) is 0 Å². The molecule has 5 unspecified atom stereocenters. The number of hydrogen-bond donors (Lipinski definition) is 1. The van der Waals surface area contributed by atoms with E-state index in [0.717, 1.165) is 30.6 Å². The predicted molar refractivity (Wildman–Crippen MR) is 75.3 cm³/mol. The molecular weight excluding hydrogens is 220 g/mol. The lowest BCUT2D eigenvalue weighted by atomic mass is 9.44. The van der Waals surface area contributed by atoms with E-state index in [-0.39, 0.29) is 6.10 Å². The van der Waals surface area contributed by atoms with E-state index < -0.39 is 0 Å². The molecule has 0 aromatic rings. The van der Waals surface area contributed by atoms with Gasteiger partial charge in [-0.2, -0.15) is 0 Å². The molecule has 1 heteroatoms. The fourth-order valence-electron chi connectivity index (χ4n) is 6.08. The zero-order valence-corrected chi connectivity index (χ0v) is 12.4. The summed E-state index contributed by atoms with van der Waals surface area (Å²) in [4.78, 5) is 0. The van der Waals surface area contributed by atoms with Crippen LogP contribution in [0.4, 0.5) is 0 Å². The maximum absolute atomic E-state index is 10.1. The molecule has 0 saturated heterocycles. The predicted octanol–water partition coefficient (Wildman–Crippen LogP) is 4.39. The first kappa shape index (κ1) is 13.0. The summed E-state index contributed by atoms with van der Waals surface area (Å²) in [5.41, 5.74) is 1.05. The Balaban J connectivity index is 1.90. The molecular formula is C17H30O. The third kappa shape index (κ3) is 1.85. The molecule has 0 radical (unpaired) electrons. The van der Waals surface area contributed by atoms with E-state index in [1.807, 2.05) is 0 Å². The van der Waals surface area contributed by atoms with E-state index in [4.69, 9.17) is 0 Å². The minimum absolute atomic E-state index is 0.00753. The molecule has 1 nitrogen and oxygen atoms in total. The Bertz CT molecular complexity index is 322. The van der Waals surface area contributed by atoms with E-state index in [1.54, 1.807) is 0 Å². The molecule has 0 heterocycles. The van der Waals surface area contributed by atoms with Gasteiger partial charge in [0.25, 0.3) is 0 Å². The Kier molecular flexibility index (Phi) is 3.05. The van der Waals surface area contributed by atoms with Crippen molar-refractivity contribution in [1.82, 2.24) is 0 Å². The summed E-state index contributed by atoms with van der Waals surface area (Å²) in [5, 5.41) is 10.1. The zero-order valence-electron chi connectivity index (χ0n) is 12.4. The molecule has 5 atom stereocenters. The van der Waals surface area contributed by atoms with E-state index in [0.29, 0.717) is 10.8 Å². The number of aliphatic hydroxyl groups is 1. The summed E-state index contributed by atoms with van der Waals surface area (Å²) >= 11 is 0. The van der Waals surface area contributed by atoms with Crippen LogP contribution in [-0.2, 0) is 0 Å². The van der Waals surface area contributed by atoms with Crippen LogP contribution in [0.2, 0.25) is 0 Å². The van der Waals surface area contributed by atoms with Gasteiger partial charge in [0, 0.05) is 0 Å². The summed E-state index contributed by atoms with van der Waals surface area (Å²) in [7, 11) is 0. The van der Waals surface area contributed by atoms with Crippen LogP contribution in [0.5, 0.6) is 0 Å². The lowest BCUT2D eigenvalue weighted by Gasteiger charge is -2.61. The standard InChI is InChI=1S/C17H30O/c1-16(2)9-4-10-17(3)14-11-13(18)7-5-12(14)6-8-15(16)17/h12-15,18H,4-11H2,1-3H3. The minimum Gasteiger partial charge on any atom is -0.393 e. The van der Waals surface area contributed by atoms with Crippen LogP contribution >= 0.6 is 0 Å². The van der Waals surface area contributed by atoms with Crippen LogP contribution < -0.4 is 0 Å². The average Bonchev–Trinajstić information content (AvgIpc) is 2.29. The molecule has 0 spiro atoms. The van der Waals surface area contributed by atoms with Crippen LogP contribution in [0.25, 0.3) is 0 Å². The van der Waals surface area contributed by atoms with E-state index in [1.165, 1.54) is 38.5 Å². The first-order chi connectivity index (χ1) is 8.43. The van der Waals surface area contributed by atoms with Gasteiger partial charge in [-0.1, -0.05) is 27.2 Å². The van der Waals surface area contributed by atoms with Crippen molar-refractivity contribution >= 4 is 0 Å². The van der Waals surface area contributed by atoms with Gasteiger partial charge in [0.2, 0.25) is 0 Å². The minimum atomic E-state index is -0.00753. The van der Waals surface area contributed by atoms with E-state index in [9.17, 15) is 5.11 Å². The van der Waals surface area contributed by atoms with Gasteiger partial charge in [-0.3, -0.25) is 0 Å². The summed E-state index contributed by atoms with van der Waals surface area (Å²) < 4.78 is 0. The van der Waals surface area contributed by atoms with E-state index >= 15 is 0 Å². The van der Waals surface area contributed by atoms with Crippen molar-refractivity contribution in [3.05, 3.63) is 0 Å². The average molecular weight is 250 g/mol. The SMILES string of the molecule is CC1(C)CCCC2(C)C3CC(O)CCC3CCC12. The highest BCUT2D eigenvalue weighted by Crippen LogP contribution is 2.63. The molecule has 0 aromatic heterocycles. The highest BCUT2D eigenvalue weighted by molar-refractivity contribution is 5.04. The summed E-state index contributed by atoms with van der Waals surface area (Å²) in [6.07, 6.45) is 10.5. The molecule has 1 N–H and O–H groups in total. The highest BCUT2D eigenvalue weighted by Gasteiger charge is 2.55. The fraction of sp³-hybridized carbons (Fsp3) is 1.00. The Morgan fingerprint density at radius 2 is 1.67 bits per heavy atom. The largest absolute Gasteiger partial charge is 0.393 e.